The lowest BCUT2D eigenvalue weighted by Crippen LogP contribution is -2.44. The first-order valence-electron chi connectivity index (χ1n) is 6.24. The molecule has 15 heavy (non-hydrogen) atoms. The Balaban J connectivity index is 1.60. The average molecular weight is 208 g/mol. The van der Waals surface area contributed by atoms with Gasteiger partial charge in [-0.15, -0.1) is 0 Å². The van der Waals surface area contributed by atoms with Gasteiger partial charge in [0.05, 0.1) is 5.41 Å². The Labute approximate surface area is 90.8 Å². The number of amides is 1. The van der Waals surface area contributed by atoms with Crippen molar-refractivity contribution >= 4 is 5.91 Å². The topological polar surface area (TPSA) is 55.1 Å². The standard InChI is InChI=1S/C12H20N2O/c13-7-12(3-4-12)11(15)14-10-6-8-1-2-9(10)5-8/h8-10H,1-7,13H2,(H,14,15). The van der Waals surface area contributed by atoms with Crippen LogP contribution in [0.2, 0.25) is 0 Å². The van der Waals surface area contributed by atoms with E-state index in [4.69, 9.17) is 5.73 Å². The van der Waals surface area contributed by atoms with E-state index in [2.05, 4.69) is 5.32 Å². The van der Waals surface area contributed by atoms with Crippen LogP contribution in [-0.2, 0) is 4.79 Å². The first kappa shape index (κ1) is 9.64. The molecule has 0 aromatic carbocycles. The fourth-order valence-electron chi connectivity index (χ4n) is 3.42. The molecule has 0 heterocycles. The van der Waals surface area contributed by atoms with Crippen LogP contribution in [0.3, 0.4) is 0 Å². The molecule has 84 valence electrons. The summed E-state index contributed by atoms with van der Waals surface area (Å²) in [5.74, 6) is 1.91. The molecule has 3 aliphatic rings. The van der Waals surface area contributed by atoms with Crippen LogP contribution in [0, 0.1) is 17.3 Å². The van der Waals surface area contributed by atoms with Crippen molar-refractivity contribution in [2.75, 3.05) is 6.54 Å². The monoisotopic (exact) mass is 208 g/mol. The fraction of sp³-hybridized carbons (Fsp3) is 0.917. The van der Waals surface area contributed by atoms with Gasteiger partial charge in [-0.1, -0.05) is 6.42 Å². The van der Waals surface area contributed by atoms with Crippen molar-refractivity contribution in [1.29, 1.82) is 0 Å². The third-order valence-corrected chi connectivity index (χ3v) is 4.78. The first-order chi connectivity index (χ1) is 7.23. The average Bonchev–Trinajstić information content (AvgIpc) is 2.79. The highest BCUT2D eigenvalue weighted by molar-refractivity contribution is 5.85. The Morgan fingerprint density at radius 1 is 1.33 bits per heavy atom. The van der Waals surface area contributed by atoms with Gasteiger partial charge >= 0.3 is 0 Å². The van der Waals surface area contributed by atoms with Gasteiger partial charge in [-0.25, -0.2) is 0 Å². The molecule has 0 spiro atoms. The van der Waals surface area contributed by atoms with Gasteiger partial charge in [0.2, 0.25) is 5.91 Å². The molecule has 0 aromatic heterocycles. The zero-order valence-corrected chi connectivity index (χ0v) is 9.17. The SMILES string of the molecule is NCC1(C(=O)NC2CC3CCC2C3)CC1. The minimum absolute atomic E-state index is 0.165. The minimum atomic E-state index is -0.165. The van der Waals surface area contributed by atoms with Gasteiger partial charge in [0, 0.05) is 12.6 Å². The van der Waals surface area contributed by atoms with E-state index in [0.29, 0.717) is 12.6 Å². The summed E-state index contributed by atoms with van der Waals surface area (Å²) in [6.45, 7) is 0.527. The van der Waals surface area contributed by atoms with E-state index in [1.165, 1.54) is 25.7 Å². The van der Waals surface area contributed by atoms with Crippen molar-refractivity contribution in [3.63, 3.8) is 0 Å². The summed E-state index contributed by atoms with van der Waals surface area (Å²) in [7, 11) is 0. The van der Waals surface area contributed by atoms with Crippen LogP contribution in [0.15, 0.2) is 0 Å². The molecule has 0 saturated heterocycles. The summed E-state index contributed by atoms with van der Waals surface area (Å²) in [4.78, 5) is 12.0. The Hall–Kier alpha value is -0.570. The zero-order chi connectivity index (χ0) is 10.5. The van der Waals surface area contributed by atoms with Crippen LogP contribution in [-0.4, -0.2) is 18.5 Å². The van der Waals surface area contributed by atoms with Gasteiger partial charge in [-0.05, 0) is 43.9 Å². The molecule has 3 N–H and O–H groups in total. The number of nitrogens with one attached hydrogen (secondary N) is 1. The van der Waals surface area contributed by atoms with Crippen molar-refractivity contribution in [2.45, 2.75) is 44.6 Å². The Kier molecular flexibility index (Phi) is 2.06. The van der Waals surface area contributed by atoms with Gasteiger partial charge < -0.3 is 11.1 Å². The second kappa shape index (κ2) is 3.21. The van der Waals surface area contributed by atoms with Crippen molar-refractivity contribution in [1.82, 2.24) is 5.32 Å². The number of carbonyl (C=O) groups excluding carboxylic acids is 1. The van der Waals surface area contributed by atoms with Crippen molar-refractivity contribution < 1.29 is 4.79 Å². The van der Waals surface area contributed by atoms with Crippen molar-refractivity contribution in [2.24, 2.45) is 23.0 Å². The Morgan fingerprint density at radius 2 is 2.13 bits per heavy atom. The zero-order valence-electron chi connectivity index (χ0n) is 9.17. The van der Waals surface area contributed by atoms with Gasteiger partial charge in [0.15, 0.2) is 0 Å². The van der Waals surface area contributed by atoms with E-state index >= 15 is 0 Å². The molecule has 0 aliphatic heterocycles. The molecule has 3 atom stereocenters. The molecule has 3 nitrogen and oxygen atoms in total. The number of rotatable bonds is 3. The molecule has 3 fully saturated rings. The third kappa shape index (κ3) is 1.48. The van der Waals surface area contributed by atoms with Gasteiger partial charge in [0.25, 0.3) is 0 Å². The van der Waals surface area contributed by atoms with E-state index in [-0.39, 0.29) is 11.3 Å². The van der Waals surface area contributed by atoms with Crippen LogP contribution in [0.25, 0.3) is 0 Å². The van der Waals surface area contributed by atoms with Gasteiger partial charge in [-0.3, -0.25) is 4.79 Å². The summed E-state index contributed by atoms with van der Waals surface area (Å²) in [6.07, 6.45) is 7.27. The van der Waals surface area contributed by atoms with Crippen LogP contribution in [0.5, 0.6) is 0 Å². The van der Waals surface area contributed by atoms with Crippen LogP contribution in [0.1, 0.15) is 38.5 Å². The Morgan fingerprint density at radius 3 is 2.60 bits per heavy atom. The quantitative estimate of drug-likeness (QED) is 0.728. The maximum Gasteiger partial charge on any atom is 0.227 e. The first-order valence-corrected chi connectivity index (χ1v) is 6.24. The molecule has 3 unspecified atom stereocenters. The molecular formula is C12H20N2O. The van der Waals surface area contributed by atoms with Gasteiger partial charge in [-0.2, -0.15) is 0 Å². The van der Waals surface area contributed by atoms with E-state index in [1.807, 2.05) is 0 Å². The number of hydrogen-bond acceptors (Lipinski definition) is 2. The van der Waals surface area contributed by atoms with Gasteiger partial charge in [0.1, 0.15) is 0 Å². The predicted molar refractivity (Wildman–Crippen MR) is 58.1 cm³/mol. The second-order valence-corrected chi connectivity index (χ2v) is 5.74. The molecule has 3 heteroatoms. The van der Waals surface area contributed by atoms with Crippen LogP contribution >= 0.6 is 0 Å². The smallest absolute Gasteiger partial charge is 0.227 e. The number of hydrogen-bond donors (Lipinski definition) is 2. The van der Waals surface area contributed by atoms with Crippen LogP contribution < -0.4 is 11.1 Å². The lowest BCUT2D eigenvalue weighted by atomic mass is 9.94. The lowest BCUT2D eigenvalue weighted by Gasteiger charge is -2.25. The normalized spacial score (nSPS) is 40.5. The maximum absolute atomic E-state index is 12.0. The highest BCUT2D eigenvalue weighted by atomic mass is 16.2. The number of carbonyl (C=O) groups is 1. The third-order valence-electron chi connectivity index (χ3n) is 4.78. The second-order valence-electron chi connectivity index (χ2n) is 5.74. The maximum atomic E-state index is 12.0. The summed E-state index contributed by atoms with van der Waals surface area (Å²) in [5.41, 5.74) is 5.49. The number of nitrogens with two attached hydrogens (primary N) is 1. The molecule has 3 saturated carbocycles. The van der Waals surface area contributed by atoms with E-state index in [1.54, 1.807) is 0 Å². The predicted octanol–water partition coefficient (Wildman–Crippen LogP) is 1.03. The van der Waals surface area contributed by atoms with E-state index < -0.39 is 0 Å². The van der Waals surface area contributed by atoms with Crippen molar-refractivity contribution in [3.05, 3.63) is 0 Å². The minimum Gasteiger partial charge on any atom is -0.353 e. The van der Waals surface area contributed by atoms with Crippen molar-refractivity contribution in [3.8, 4) is 0 Å². The molecule has 1 amide bonds. The van der Waals surface area contributed by atoms with Crippen LogP contribution in [0.4, 0.5) is 0 Å². The molecule has 3 rings (SSSR count). The highest BCUT2D eigenvalue weighted by Crippen LogP contribution is 2.47. The Bertz CT molecular complexity index is 285. The van der Waals surface area contributed by atoms with E-state index in [9.17, 15) is 4.79 Å². The lowest BCUT2D eigenvalue weighted by molar-refractivity contribution is -0.127. The summed E-state index contributed by atoms with van der Waals surface area (Å²) in [6, 6.07) is 0.472. The molecule has 0 aromatic rings. The molecular weight excluding hydrogens is 188 g/mol. The summed E-state index contributed by atoms with van der Waals surface area (Å²) < 4.78 is 0. The number of fused-ring (bicyclic) bond motifs is 2. The summed E-state index contributed by atoms with van der Waals surface area (Å²) >= 11 is 0. The molecule has 2 bridgehead atoms. The largest absolute Gasteiger partial charge is 0.353 e. The highest BCUT2D eigenvalue weighted by Gasteiger charge is 2.50. The molecule has 0 radical (unpaired) electrons. The fourth-order valence-corrected chi connectivity index (χ4v) is 3.42. The molecule has 3 aliphatic carbocycles. The van der Waals surface area contributed by atoms with E-state index in [0.717, 1.165) is 24.7 Å². The summed E-state index contributed by atoms with van der Waals surface area (Å²) in [5, 5.41) is 3.25.